The van der Waals surface area contributed by atoms with Crippen LogP contribution < -0.4 is 0 Å². The topological polar surface area (TPSA) is 74.6 Å². The molecule has 0 unspecified atom stereocenters. The van der Waals surface area contributed by atoms with Gasteiger partial charge in [0.25, 0.3) is 0 Å². The van der Waals surface area contributed by atoms with Crippen molar-refractivity contribution in [2.45, 2.75) is 0 Å². The summed E-state index contributed by atoms with van der Waals surface area (Å²) in [5.74, 6) is -1.61. The van der Waals surface area contributed by atoms with Gasteiger partial charge in [-0.15, -0.1) is 0 Å². The summed E-state index contributed by atoms with van der Waals surface area (Å²) in [4.78, 5) is 23.8. The molecule has 2 N–H and O–H groups in total. The molecule has 0 saturated heterocycles. The Balaban J connectivity index is 2.43. The minimum Gasteiger partial charge on any atom is -0.508 e. The molecule has 1 aliphatic rings. The second-order valence-electron chi connectivity index (χ2n) is 4.09. The van der Waals surface area contributed by atoms with Gasteiger partial charge < -0.3 is 10.2 Å². The van der Waals surface area contributed by atoms with Crippen molar-refractivity contribution in [3.63, 3.8) is 0 Å². The lowest BCUT2D eigenvalue weighted by Gasteiger charge is -2.18. The second-order valence-corrected chi connectivity index (χ2v) is 4.09. The Kier molecular flexibility index (Phi) is 2.01. The van der Waals surface area contributed by atoms with Crippen LogP contribution in [0, 0.1) is 0 Å². The van der Waals surface area contributed by atoms with E-state index in [0.717, 1.165) is 0 Å². The van der Waals surface area contributed by atoms with Crippen LogP contribution in [0.3, 0.4) is 0 Å². The van der Waals surface area contributed by atoms with E-state index in [-0.39, 0.29) is 22.6 Å². The molecule has 0 aliphatic heterocycles. The maximum Gasteiger partial charge on any atom is 0.237 e. The van der Waals surface area contributed by atoms with Crippen LogP contribution in [-0.4, -0.2) is 21.8 Å². The first kappa shape index (κ1) is 10.5. The van der Waals surface area contributed by atoms with E-state index in [4.69, 9.17) is 0 Å². The van der Waals surface area contributed by atoms with E-state index in [1.807, 2.05) is 0 Å². The highest BCUT2D eigenvalue weighted by molar-refractivity contribution is 6.53. The zero-order chi connectivity index (χ0) is 12.9. The highest BCUT2D eigenvalue weighted by Gasteiger charge is 2.32. The average molecular weight is 240 g/mol. The first-order valence-corrected chi connectivity index (χ1v) is 5.34. The summed E-state index contributed by atoms with van der Waals surface area (Å²) in [7, 11) is 0. The Hall–Kier alpha value is -2.62. The molecule has 0 bridgehead atoms. The van der Waals surface area contributed by atoms with Crippen LogP contribution in [-0.2, 0) is 0 Å². The molecule has 4 nitrogen and oxygen atoms in total. The molecule has 2 aromatic rings. The fourth-order valence-corrected chi connectivity index (χ4v) is 2.19. The molecule has 0 saturated carbocycles. The zero-order valence-electron chi connectivity index (χ0n) is 9.18. The van der Waals surface area contributed by atoms with Gasteiger partial charge in [0.15, 0.2) is 0 Å². The third kappa shape index (κ3) is 1.26. The Morgan fingerprint density at radius 2 is 1.56 bits per heavy atom. The van der Waals surface area contributed by atoms with Crippen LogP contribution >= 0.6 is 0 Å². The number of fused-ring (bicyclic) bond motifs is 3. The Labute approximate surface area is 102 Å². The van der Waals surface area contributed by atoms with E-state index in [1.165, 1.54) is 24.3 Å². The van der Waals surface area contributed by atoms with E-state index in [1.54, 1.807) is 12.1 Å². The molecule has 0 fully saturated rings. The van der Waals surface area contributed by atoms with Gasteiger partial charge >= 0.3 is 0 Å². The number of aromatic hydroxyl groups is 2. The fourth-order valence-electron chi connectivity index (χ4n) is 2.19. The molecule has 0 heterocycles. The first-order valence-electron chi connectivity index (χ1n) is 5.34. The average Bonchev–Trinajstić information content (AvgIpc) is 2.35. The van der Waals surface area contributed by atoms with Crippen LogP contribution in [0.25, 0.3) is 11.1 Å². The van der Waals surface area contributed by atoms with Crippen molar-refractivity contribution in [1.82, 2.24) is 0 Å². The maximum absolute atomic E-state index is 11.9. The largest absolute Gasteiger partial charge is 0.508 e. The molecule has 0 aromatic heterocycles. The number of ketones is 2. The minimum absolute atomic E-state index is 0.000556. The van der Waals surface area contributed by atoms with Crippen molar-refractivity contribution in [2.24, 2.45) is 0 Å². The lowest BCUT2D eigenvalue weighted by molar-refractivity contribution is 0.0813. The monoisotopic (exact) mass is 240 g/mol. The predicted molar refractivity (Wildman–Crippen MR) is 63.9 cm³/mol. The standard InChI is InChI=1S/C14H8O4/c15-7-4-5-9-10(6-7)8-2-1-3-11(16)12(8)14(18)13(9)17/h1-6,15-16H. The predicted octanol–water partition coefficient (Wildman–Crippen LogP) is 2.14. The molecular formula is C14H8O4. The molecule has 88 valence electrons. The van der Waals surface area contributed by atoms with Gasteiger partial charge in [-0.25, -0.2) is 0 Å². The Bertz CT molecular complexity index is 701. The molecular weight excluding hydrogens is 232 g/mol. The zero-order valence-corrected chi connectivity index (χ0v) is 9.18. The van der Waals surface area contributed by atoms with Crippen molar-refractivity contribution < 1.29 is 19.8 Å². The summed E-state index contributed by atoms with van der Waals surface area (Å²) in [6.45, 7) is 0. The maximum atomic E-state index is 11.9. The first-order chi connectivity index (χ1) is 8.59. The van der Waals surface area contributed by atoms with Crippen LogP contribution in [0.1, 0.15) is 20.7 Å². The van der Waals surface area contributed by atoms with E-state index in [0.29, 0.717) is 11.1 Å². The summed E-state index contributed by atoms with van der Waals surface area (Å²) in [6, 6.07) is 8.77. The van der Waals surface area contributed by atoms with E-state index >= 15 is 0 Å². The van der Waals surface area contributed by atoms with Crippen LogP contribution in [0.4, 0.5) is 0 Å². The van der Waals surface area contributed by atoms with Gasteiger partial charge in [-0.3, -0.25) is 9.59 Å². The normalized spacial score (nSPS) is 13.1. The van der Waals surface area contributed by atoms with E-state index in [2.05, 4.69) is 0 Å². The summed E-state index contributed by atoms with van der Waals surface area (Å²) < 4.78 is 0. The Morgan fingerprint density at radius 1 is 0.778 bits per heavy atom. The van der Waals surface area contributed by atoms with Gasteiger partial charge in [0.2, 0.25) is 11.6 Å². The number of rotatable bonds is 0. The fraction of sp³-hybridized carbons (Fsp3) is 0. The lowest BCUT2D eigenvalue weighted by Crippen LogP contribution is -2.21. The molecule has 1 aliphatic carbocycles. The SMILES string of the molecule is O=C1C(=O)c2c(O)cccc2-c2cc(O)ccc21. The van der Waals surface area contributed by atoms with Crippen molar-refractivity contribution in [3.8, 4) is 22.6 Å². The summed E-state index contributed by atoms with van der Waals surface area (Å²) in [5, 5.41) is 19.2. The highest BCUT2D eigenvalue weighted by Crippen LogP contribution is 2.38. The van der Waals surface area contributed by atoms with Crippen LogP contribution in [0.15, 0.2) is 36.4 Å². The Morgan fingerprint density at radius 3 is 2.33 bits per heavy atom. The highest BCUT2D eigenvalue weighted by atomic mass is 16.3. The van der Waals surface area contributed by atoms with E-state index < -0.39 is 11.6 Å². The number of benzene rings is 2. The van der Waals surface area contributed by atoms with Crippen LogP contribution in [0.5, 0.6) is 11.5 Å². The smallest absolute Gasteiger partial charge is 0.237 e. The van der Waals surface area contributed by atoms with Crippen LogP contribution in [0.2, 0.25) is 0 Å². The molecule has 4 heteroatoms. The van der Waals surface area contributed by atoms with Crippen molar-refractivity contribution >= 4 is 11.6 Å². The molecule has 18 heavy (non-hydrogen) atoms. The summed E-state index contributed by atoms with van der Waals surface area (Å²) >= 11 is 0. The molecule has 0 spiro atoms. The number of carbonyl (C=O) groups excluding carboxylic acids is 2. The van der Waals surface area contributed by atoms with Gasteiger partial charge in [0.05, 0.1) is 5.56 Å². The lowest BCUT2D eigenvalue weighted by atomic mass is 9.83. The molecule has 0 amide bonds. The molecule has 0 radical (unpaired) electrons. The van der Waals surface area contributed by atoms with Crippen molar-refractivity contribution in [3.05, 3.63) is 47.5 Å². The van der Waals surface area contributed by atoms with Crippen molar-refractivity contribution in [1.29, 1.82) is 0 Å². The molecule has 0 atom stereocenters. The second kappa shape index (κ2) is 3.43. The van der Waals surface area contributed by atoms with E-state index in [9.17, 15) is 19.8 Å². The van der Waals surface area contributed by atoms with Crippen molar-refractivity contribution in [2.75, 3.05) is 0 Å². The number of phenols is 2. The van der Waals surface area contributed by atoms with Gasteiger partial charge in [0, 0.05) is 5.56 Å². The van der Waals surface area contributed by atoms with Gasteiger partial charge in [-0.2, -0.15) is 0 Å². The minimum atomic E-state index is -0.721. The molecule has 3 rings (SSSR count). The summed E-state index contributed by atoms with van der Waals surface area (Å²) in [5.41, 5.74) is 1.17. The number of Topliss-reactive ketones (excluding diaryl/α,β-unsaturated/α-hetero) is 2. The number of phenolic OH excluding ortho intramolecular Hbond substituents is 2. The van der Waals surface area contributed by atoms with Gasteiger partial charge in [-0.1, -0.05) is 12.1 Å². The van der Waals surface area contributed by atoms with Gasteiger partial charge in [0.1, 0.15) is 11.5 Å². The molecule has 2 aromatic carbocycles. The number of hydrogen-bond donors (Lipinski definition) is 2. The number of hydrogen-bond acceptors (Lipinski definition) is 4. The third-order valence-electron chi connectivity index (χ3n) is 3.01. The number of carbonyl (C=O) groups is 2. The summed E-state index contributed by atoms with van der Waals surface area (Å²) in [6.07, 6.45) is 0. The third-order valence-corrected chi connectivity index (χ3v) is 3.01. The van der Waals surface area contributed by atoms with Gasteiger partial charge in [-0.05, 0) is 35.4 Å². The quantitative estimate of drug-likeness (QED) is 0.692.